The lowest BCUT2D eigenvalue weighted by atomic mass is 10.2. The fourth-order valence-electron chi connectivity index (χ4n) is 2.13. The number of halogens is 1. The van der Waals surface area contributed by atoms with Gasteiger partial charge in [-0.2, -0.15) is 5.10 Å². The summed E-state index contributed by atoms with van der Waals surface area (Å²) in [6.07, 6.45) is 3.13. The Hall–Kier alpha value is -3.06. The minimum absolute atomic E-state index is 0.0700. The number of ether oxygens (including phenoxy) is 1. The van der Waals surface area contributed by atoms with Gasteiger partial charge in [0.25, 0.3) is 0 Å². The number of anilines is 1. The Bertz CT molecular complexity index is 887. The van der Waals surface area contributed by atoms with Crippen molar-refractivity contribution in [2.75, 3.05) is 5.32 Å². The number of hydrogen-bond donors (Lipinski definition) is 1. The van der Waals surface area contributed by atoms with E-state index in [2.05, 4.69) is 10.4 Å². The molecule has 0 aliphatic carbocycles. The summed E-state index contributed by atoms with van der Waals surface area (Å²) in [6.45, 7) is 0.407. The van der Waals surface area contributed by atoms with Crippen LogP contribution in [0.1, 0.15) is 21.9 Å². The Morgan fingerprint density at radius 2 is 2.16 bits per heavy atom. The zero-order valence-corrected chi connectivity index (χ0v) is 13.8. The van der Waals surface area contributed by atoms with Gasteiger partial charge in [0, 0.05) is 16.8 Å². The molecule has 0 saturated heterocycles. The number of aldehydes is 1. The van der Waals surface area contributed by atoms with Crippen molar-refractivity contribution in [3.63, 3.8) is 0 Å². The van der Waals surface area contributed by atoms with Gasteiger partial charge in [0.15, 0.2) is 12.0 Å². The van der Waals surface area contributed by atoms with Gasteiger partial charge in [-0.15, -0.1) is 0 Å². The second-order valence-electron chi connectivity index (χ2n) is 5.14. The number of rotatable bonds is 6. The van der Waals surface area contributed by atoms with E-state index in [1.165, 1.54) is 6.20 Å². The van der Waals surface area contributed by atoms with Crippen LogP contribution in [0.25, 0.3) is 0 Å². The number of aromatic nitrogens is 2. The van der Waals surface area contributed by atoms with Crippen LogP contribution in [-0.2, 0) is 17.9 Å². The smallest absolute Gasteiger partial charge is 0.412 e. The molecule has 3 rings (SSSR count). The van der Waals surface area contributed by atoms with Gasteiger partial charge in [0.1, 0.15) is 12.4 Å². The molecule has 1 N–H and O–H groups in total. The highest BCUT2D eigenvalue weighted by molar-refractivity contribution is 6.31. The molecule has 25 heavy (non-hydrogen) atoms. The first kappa shape index (κ1) is 16.8. The van der Waals surface area contributed by atoms with E-state index in [4.69, 9.17) is 20.8 Å². The highest BCUT2D eigenvalue weighted by Crippen LogP contribution is 2.16. The molecule has 0 bridgehead atoms. The van der Waals surface area contributed by atoms with Crippen molar-refractivity contribution in [3.8, 4) is 0 Å². The number of carbonyl (C=O) groups is 2. The first-order valence-corrected chi connectivity index (χ1v) is 7.75. The molecule has 0 radical (unpaired) electrons. The molecule has 0 atom stereocenters. The summed E-state index contributed by atoms with van der Waals surface area (Å²) in [5.74, 6) is 0.835. The van der Waals surface area contributed by atoms with E-state index in [-0.39, 0.29) is 12.4 Å². The Kier molecular flexibility index (Phi) is 5.15. The summed E-state index contributed by atoms with van der Waals surface area (Å²) in [6, 6.07) is 10.4. The van der Waals surface area contributed by atoms with Crippen LogP contribution in [0.15, 0.2) is 53.2 Å². The van der Waals surface area contributed by atoms with Crippen LogP contribution >= 0.6 is 11.6 Å². The fraction of sp³-hybridized carbons (Fsp3) is 0.118. The van der Waals surface area contributed by atoms with Gasteiger partial charge < -0.3 is 9.15 Å². The highest BCUT2D eigenvalue weighted by atomic mass is 35.5. The molecule has 0 aliphatic rings. The molecule has 1 aromatic carbocycles. The third-order valence-electron chi connectivity index (χ3n) is 3.31. The van der Waals surface area contributed by atoms with Crippen molar-refractivity contribution in [1.82, 2.24) is 9.78 Å². The lowest BCUT2D eigenvalue weighted by molar-refractivity contribution is 0.109. The molecular weight excluding hydrogens is 346 g/mol. The minimum atomic E-state index is -0.610. The average Bonchev–Trinajstić information content (AvgIpc) is 3.24. The number of carbonyl (C=O) groups excluding carboxylic acids is 2. The lowest BCUT2D eigenvalue weighted by Crippen LogP contribution is -2.13. The van der Waals surface area contributed by atoms with Crippen LogP contribution < -0.4 is 5.32 Å². The van der Waals surface area contributed by atoms with Crippen molar-refractivity contribution in [2.45, 2.75) is 13.2 Å². The van der Waals surface area contributed by atoms with E-state index in [1.54, 1.807) is 41.2 Å². The van der Waals surface area contributed by atoms with Gasteiger partial charge in [-0.05, 0) is 18.2 Å². The normalized spacial score (nSPS) is 10.4. The van der Waals surface area contributed by atoms with E-state index in [0.29, 0.717) is 29.3 Å². The molecule has 0 aliphatic heterocycles. The van der Waals surface area contributed by atoms with Crippen LogP contribution in [0, 0.1) is 0 Å². The summed E-state index contributed by atoms with van der Waals surface area (Å²) < 4.78 is 12.0. The van der Waals surface area contributed by atoms with Crippen molar-refractivity contribution in [3.05, 3.63) is 70.9 Å². The third kappa shape index (κ3) is 4.48. The van der Waals surface area contributed by atoms with Crippen molar-refractivity contribution in [2.24, 2.45) is 0 Å². The number of benzene rings is 1. The van der Waals surface area contributed by atoms with E-state index in [1.807, 2.05) is 6.07 Å². The molecule has 1 amide bonds. The first-order valence-electron chi connectivity index (χ1n) is 7.37. The predicted molar refractivity (Wildman–Crippen MR) is 90.7 cm³/mol. The minimum Gasteiger partial charge on any atom is -0.456 e. The SMILES string of the molecule is O=Cc1ccc(Cn2cc(NC(=O)OCc3ccccc3Cl)cn2)o1. The van der Waals surface area contributed by atoms with Gasteiger partial charge in [-0.1, -0.05) is 29.8 Å². The van der Waals surface area contributed by atoms with Crippen LogP contribution in [0.4, 0.5) is 10.5 Å². The summed E-state index contributed by atoms with van der Waals surface area (Å²) in [5, 5.41) is 7.23. The highest BCUT2D eigenvalue weighted by Gasteiger charge is 2.09. The monoisotopic (exact) mass is 359 g/mol. The topological polar surface area (TPSA) is 86.4 Å². The number of hydrogen-bond acceptors (Lipinski definition) is 5. The standard InChI is InChI=1S/C17H14ClN3O4/c18-16-4-2-1-3-12(16)11-24-17(23)20-13-7-19-21(8-13)9-14-5-6-15(10-22)25-14/h1-8,10H,9,11H2,(H,20,23). The summed E-state index contributed by atoms with van der Waals surface area (Å²) >= 11 is 6.00. The molecule has 0 spiro atoms. The maximum atomic E-state index is 11.8. The maximum Gasteiger partial charge on any atom is 0.412 e. The fourth-order valence-corrected chi connectivity index (χ4v) is 2.32. The Labute approximate surface area is 148 Å². The molecule has 0 saturated carbocycles. The van der Waals surface area contributed by atoms with Crippen molar-refractivity contribution >= 4 is 29.7 Å². The second-order valence-corrected chi connectivity index (χ2v) is 5.55. The summed E-state index contributed by atoms with van der Waals surface area (Å²) in [4.78, 5) is 22.4. The van der Waals surface area contributed by atoms with Gasteiger partial charge in [-0.3, -0.25) is 14.8 Å². The lowest BCUT2D eigenvalue weighted by Gasteiger charge is -2.06. The van der Waals surface area contributed by atoms with Crippen LogP contribution in [0.3, 0.4) is 0 Å². The number of furan rings is 1. The number of nitrogens with one attached hydrogen (secondary N) is 1. The quantitative estimate of drug-likeness (QED) is 0.677. The average molecular weight is 360 g/mol. The molecule has 0 fully saturated rings. The van der Waals surface area contributed by atoms with E-state index in [0.717, 1.165) is 5.56 Å². The van der Waals surface area contributed by atoms with Crippen LogP contribution in [0.5, 0.6) is 0 Å². The Morgan fingerprint density at radius 1 is 1.32 bits per heavy atom. The number of amides is 1. The van der Waals surface area contributed by atoms with Gasteiger partial charge in [0.2, 0.25) is 0 Å². The summed E-state index contributed by atoms with van der Waals surface area (Å²) in [5.41, 5.74) is 1.20. The van der Waals surface area contributed by atoms with Crippen molar-refractivity contribution in [1.29, 1.82) is 0 Å². The van der Waals surface area contributed by atoms with Crippen molar-refractivity contribution < 1.29 is 18.7 Å². The van der Waals surface area contributed by atoms with Crippen LogP contribution in [0.2, 0.25) is 5.02 Å². The largest absolute Gasteiger partial charge is 0.456 e. The summed E-state index contributed by atoms with van der Waals surface area (Å²) in [7, 11) is 0. The Morgan fingerprint density at radius 3 is 2.92 bits per heavy atom. The van der Waals surface area contributed by atoms with Crippen LogP contribution in [-0.4, -0.2) is 22.2 Å². The van der Waals surface area contributed by atoms with E-state index in [9.17, 15) is 9.59 Å². The maximum absolute atomic E-state index is 11.8. The number of nitrogens with zero attached hydrogens (tertiary/aromatic N) is 2. The second kappa shape index (κ2) is 7.67. The molecule has 2 heterocycles. The first-order chi connectivity index (χ1) is 12.1. The molecule has 8 heteroatoms. The molecule has 3 aromatic rings. The third-order valence-corrected chi connectivity index (χ3v) is 3.68. The van der Waals surface area contributed by atoms with Gasteiger partial charge in [-0.25, -0.2) is 4.79 Å². The molecular formula is C17H14ClN3O4. The zero-order chi connectivity index (χ0) is 17.6. The molecule has 0 unspecified atom stereocenters. The Balaban J connectivity index is 1.53. The molecule has 2 aromatic heterocycles. The zero-order valence-electron chi connectivity index (χ0n) is 13.0. The van der Waals surface area contributed by atoms with E-state index < -0.39 is 6.09 Å². The van der Waals surface area contributed by atoms with E-state index >= 15 is 0 Å². The van der Waals surface area contributed by atoms with Gasteiger partial charge in [0.05, 0.1) is 18.4 Å². The van der Waals surface area contributed by atoms with Gasteiger partial charge >= 0.3 is 6.09 Å². The molecule has 128 valence electrons. The molecule has 7 nitrogen and oxygen atoms in total. The predicted octanol–water partition coefficient (Wildman–Crippen LogP) is 3.74.